The third-order valence-corrected chi connectivity index (χ3v) is 6.56. The van der Waals surface area contributed by atoms with Crippen molar-refractivity contribution < 1.29 is 18.7 Å². The number of amides is 1. The summed E-state index contributed by atoms with van der Waals surface area (Å²) < 4.78 is 20.8. The van der Waals surface area contributed by atoms with E-state index in [2.05, 4.69) is 5.10 Å². The van der Waals surface area contributed by atoms with E-state index in [1.807, 2.05) is 19.9 Å². The van der Waals surface area contributed by atoms with E-state index in [1.54, 1.807) is 25.1 Å². The molecule has 2 aromatic carbocycles. The largest absolute Gasteiger partial charge is 0.466 e. The number of carbonyl (C=O) groups is 2. The molecule has 1 amide bonds. The highest BCUT2D eigenvalue weighted by atomic mass is 19.1. The summed E-state index contributed by atoms with van der Waals surface area (Å²) >= 11 is 0. The predicted molar refractivity (Wildman–Crippen MR) is 134 cm³/mol. The van der Waals surface area contributed by atoms with Crippen molar-refractivity contribution in [2.45, 2.75) is 40.2 Å². The van der Waals surface area contributed by atoms with Crippen LogP contribution in [0.25, 0.3) is 5.69 Å². The van der Waals surface area contributed by atoms with E-state index in [-0.39, 0.29) is 19.7 Å². The number of hydrogen-bond acceptors (Lipinski definition) is 6. The molecule has 1 aliphatic heterocycles. The van der Waals surface area contributed by atoms with Crippen LogP contribution in [0.2, 0.25) is 0 Å². The number of nitrogens with zero attached hydrogens (tertiary/aromatic N) is 4. The third-order valence-electron chi connectivity index (χ3n) is 6.56. The smallest absolute Gasteiger partial charge is 0.352 e. The van der Waals surface area contributed by atoms with Gasteiger partial charge >= 0.3 is 11.7 Å². The summed E-state index contributed by atoms with van der Waals surface area (Å²) in [6.07, 6.45) is 1.13. The van der Waals surface area contributed by atoms with Gasteiger partial charge in [0, 0.05) is 13.1 Å². The highest BCUT2D eigenvalue weighted by molar-refractivity contribution is 5.92. The molecule has 1 aromatic heterocycles. The first-order valence-electron chi connectivity index (χ1n) is 12.2. The molecule has 4 rings (SSSR count). The van der Waals surface area contributed by atoms with Gasteiger partial charge in [-0.25, -0.2) is 9.18 Å². The fourth-order valence-electron chi connectivity index (χ4n) is 4.40. The normalized spacial score (nSPS) is 15.5. The monoisotopic (exact) mass is 508 g/mol. The molecule has 0 aliphatic carbocycles. The number of carbonyl (C=O) groups excluding carboxylic acids is 2. The second kappa shape index (κ2) is 10.9. The maximum absolute atomic E-state index is 13.8. The SMILES string of the molecule is CCOC(=O)C1CCCN(C(=O)c2nn(-c3ccc(C)c(C)c3)c(=O)n(Cc3cccc(F)c3)c2=O)C1. The topological polar surface area (TPSA) is 104 Å². The van der Waals surface area contributed by atoms with Gasteiger partial charge in [0.05, 0.1) is 24.8 Å². The van der Waals surface area contributed by atoms with Gasteiger partial charge in [-0.15, -0.1) is 0 Å². The first-order valence-corrected chi connectivity index (χ1v) is 12.2. The highest BCUT2D eigenvalue weighted by Crippen LogP contribution is 2.19. The van der Waals surface area contributed by atoms with E-state index in [1.165, 1.54) is 23.1 Å². The van der Waals surface area contributed by atoms with Crippen molar-refractivity contribution in [1.82, 2.24) is 19.2 Å². The van der Waals surface area contributed by atoms with Crippen LogP contribution >= 0.6 is 0 Å². The molecular weight excluding hydrogens is 479 g/mol. The number of benzene rings is 2. The standard InChI is InChI=1S/C27H29FN4O5/c1-4-37-26(35)20-8-6-12-30(16-20)24(33)23-25(34)31(15-19-7-5-9-21(28)14-19)27(36)32(29-23)22-11-10-17(2)18(3)13-22/h5,7,9-11,13-14,20H,4,6,8,12,15-16H2,1-3H3. The zero-order valence-electron chi connectivity index (χ0n) is 21.1. The molecule has 0 bridgehead atoms. The molecule has 0 radical (unpaired) electrons. The second-order valence-electron chi connectivity index (χ2n) is 9.18. The number of aryl methyl sites for hydroxylation is 2. The Labute approximate surface area is 213 Å². The number of hydrogen-bond donors (Lipinski definition) is 0. The van der Waals surface area contributed by atoms with Crippen LogP contribution in [-0.2, 0) is 16.1 Å². The summed E-state index contributed by atoms with van der Waals surface area (Å²) in [5.74, 6) is -2.08. The summed E-state index contributed by atoms with van der Waals surface area (Å²) in [5, 5.41) is 4.20. The molecule has 1 saturated heterocycles. The molecule has 37 heavy (non-hydrogen) atoms. The van der Waals surface area contributed by atoms with E-state index in [4.69, 9.17) is 4.74 Å². The lowest BCUT2D eigenvalue weighted by molar-refractivity contribution is -0.149. The van der Waals surface area contributed by atoms with Crippen molar-refractivity contribution in [3.05, 3.63) is 91.5 Å². The number of likely N-dealkylation sites (tertiary alicyclic amines) is 1. The van der Waals surface area contributed by atoms with Crippen LogP contribution in [-0.4, -0.2) is 50.8 Å². The zero-order chi connectivity index (χ0) is 26.7. The Morgan fingerprint density at radius 1 is 1.11 bits per heavy atom. The van der Waals surface area contributed by atoms with Gasteiger partial charge in [-0.1, -0.05) is 18.2 Å². The molecule has 0 spiro atoms. The minimum atomic E-state index is -0.877. The van der Waals surface area contributed by atoms with Crippen LogP contribution in [0, 0.1) is 25.6 Å². The van der Waals surface area contributed by atoms with E-state index in [0.717, 1.165) is 20.4 Å². The Balaban J connectivity index is 1.81. The molecule has 194 valence electrons. The Bertz CT molecular complexity index is 1460. The number of halogens is 1. The van der Waals surface area contributed by atoms with Gasteiger partial charge in [0.2, 0.25) is 5.69 Å². The molecule has 1 unspecified atom stereocenters. The molecule has 1 fully saturated rings. The van der Waals surface area contributed by atoms with E-state index >= 15 is 0 Å². The summed E-state index contributed by atoms with van der Waals surface area (Å²) in [7, 11) is 0. The van der Waals surface area contributed by atoms with Gasteiger partial charge in [0.15, 0.2) is 0 Å². The Hall–Kier alpha value is -4.08. The molecule has 2 heterocycles. The van der Waals surface area contributed by atoms with E-state index < -0.39 is 40.6 Å². The van der Waals surface area contributed by atoms with Gasteiger partial charge in [0.1, 0.15) is 5.82 Å². The lowest BCUT2D eigenvalue weighted by atomic mass is 9.98. The number of esters is 1. The Kier molecular flexibility index (Phi) is 7.66. The predicted octanol–water partition coefficient (Wildman–Crippen LogP) is 2.61. The molecule has 1 aliphatic rings. The van der Waals surface area contributed by atoms with Crippen LogP contribution in [0.15, 0.2) is 52.1 Å². The van der Waals surface area contributed by atoms with Gasteiger partial charge in [-0.2, -0.15) is 9.78 Å². The summed E-state index contributed by atoms with van der Waals surface area (Å²) in [4.78, 5) is 54.1. The molecule has 3 aromatic rings. The van der Waals surface area contributed by atoms with Crippen molar-refractivity contribution in [3.8, 4) is 5.69 Å². The Morgan fingerprint density at radius 3 is 2.59 bits per heavy atom. The Morgan fingerprint density at radius 2 is 1.89 bits per heavy atom. The zero-order valence-corrected chi connectivity index (χ0v) is 21.1. The molecular formula is C27H29FN4O5. The molecule has 9 nitrogen and oxygen atoms in total. The van der Waals surface area contributed by atoms with Gasteiger partial charge in [0.25, 0.3) is 11.5 Å². The van der Waals surface area contributed by atoms with Gasteiger partial charge in [-0.3, -0.25) is 19.0 Å². The van der Waals surface area contributed by atoms with Crippen LogP contribution in [0.4, 0.5) is 4.39 Å². The second-order valence-corrected chi connectivity index (χ2v) is 9.18. The molecule has 1 atom stereocenters. The average Bonchev–Trinajstić information content (AvgIpc) is 2.88. The first kappa shape index (κ1) is 26.0. The first-order chi connectivity index (χ1) is 17.7. The summed E-state index contributed by atoms with van der Waals surface area (Å²) in [6, 6.07) is 10.8. The minimum Gasteiger partial charge on any atom is -0.466 e. The highest BCUT2D eigenvalue weighted by Gasteiger charge is 2.32. The number of aromatic nitrogens is 3. The van der Waals surface area contributed by atoms with Crippen molar-refractivity contribution in [2.24, 2.45) is 5.92 Å². The van der Waals surface area contributed by atoms with Crippen LogP contribution in [0.5, 0.6) is 0 Å². The maximum Gasteiger partial charge on any atom is 0.352 e. The number of rotatable bonds is 6. The van der Waals surface area contributed by atoms with Crippen molar-refractivity contribution >= 4 is 11.9 Å². The fraction of sp³-hybridized carbons (Fsp3) is 0.370. The van der Waals surface area contributed by atoms with Crippen LogP contribution in [0.3, 0.4) is 0 Å². The van der Waals surface area contributed by atoms with Crippen molar-refractivity contribution in [2.75, 3.05) is 19.7 Å². The maximum atomic E-state index is 13.8. The quantitative estimate of drug-likeness (QED) is 0.474. The fourth-order valence-corrected chi connectivity index (χ4v) is 4.40. The average molecular weight is 509 g/mol. The molecule has 10 heteroatoms. The minimum absolute atomic E-state index is 0.0887. The number of ether oxygens (including phenoxy) is 1. The molecule has 0 N–H and O–H groups in total. The molecule has 0 saturated carbocycles. The van der Waals surface area contributed by atoms with Crippen molar-refractivity contribution in [3.63, 3.8) is 0 Å². The van der Waals surface area contributed by atoms with Crippen LogP contribution < -0.4 is 11.2 Å². The van der Waals surface area contributed by atoms with Crippen molar-refractivity contribution in [1.29, 1.82) is 0 Å². The lowest BCUT2D eigenvalue weighted by Gasteiger charge is -2.31. The van der Waals surface area contributed by atoms with Crippen LogP contribution in [0.1, 0.15) is 46.9 Å². The van der Waals surface area contributed by atoms with Gasteiger partial charge in [-0.05, 0) is 74.6 Å². The summed E-state index contributed by atoms with van der Waals surface area (Å²) in [6.45, 7) is 5.93. The van der Waals surface area contributed by atoms with E-state index in [9.17, 15) is 23.6 Å². The number of piperidine rings is 1. The third kappa shape index (κ3) is 5.52. The van der Waals surface area contributed by atoms with Gasteiger partial charge < -0.3 is 9.64 Å². The lowest BCUT2D eigenvalue weighted by Crippen LogP contribution is -2.49. The van der Waals surface area contributed by atoms with E-state index in [0.29, 0.717) is 30.6 Å². The summed E-state index contributed by atoms with van der Waals surface area (Å²) in [5.41, 5.74) is 0.595.